The van der Waals surface area contributed by atoms with E-state index in [2.05, 4.69) is 18.7 Å². The number of hydrogen-bond acceptors (Lipinski definition) is 2. The van der Waals surface area contributed by atoms with Crippen molar-refractivity contribution >= 4 is 0 Å². The topological polar surface area (TPSA) is 29.3 Å². The first-order valence-electron chi connectivity index (χ1n) is 6.65. The highest BCUT2D eigenvalue weighted by molar-refractivity contribution is 4.93. The van der Waals surface area contributed by atoms with Crippen LogP contribution in [-0.4, -0.2) is 29.6 Å². The smallest absolute Gasteiger partial charge is 0.0252 e. The van der Waals surface area contributed by atoms with Gasteiger partial charge in [0.05, 0.1) is 0 Å². The average molecular weight is 210 g/mol. The number of likely N-dealkylation sites (tertiary alicyclic amines) is 1. The SMILES string of the molecule is CCC(C)(N)CN1CCC2CCCCC21. The van der Waals surface area contributed by atoms with Gasteiger partial charge in [-0.2, -0.15) is 0 Å². The summed E-state index contributed by atoms with van der Waals surface area (Å²) < 4.78 is 0. The highest BCUT2D eigenvalue weighted by atomic mass is 15.2. The van der Waals surface area contributed by atoms with Crippen molar-refractivity contribution in [1.82, 2.24) is 4.90 Å². The van der Waals surface area contributed by atoms with Crippen LogP contribution in [0.15, 0.2) is 0 Å². The van der Waals surface area contributed by atoms with Gasteiger partial charge in [-0.15, -0.1) is 0 Å². The molecule has 2 heteroatoms. The van der Waals surface area contributed by atoms with Gasteiger partial charge in [-0.25, -0.2) is 0 Å². The summed E-state index contributed by atoms with van der Waals surface area (Å²) in [6.45, 7) is 6.80. The molecule has 0 aromatic heterocycles. The molecule has 1 saturated carbocycles. The van der Waals surface area contributed by atoms with Gasteiger partial charge >= 0.3 is 0 Å². The lowest BCUT2D eigenvalue weighted by Crippen LogP contribution is -2.49. The maximum absolute atomic E-state index is 6.28. The Morgan fingerprint density at radius 3 is 2.73 bits per heavy atom. The van der Waals surface area contributed by atoms with Crippen LogP contribution < -0.4 is 5.73 Å². The predicted molar refractivity (Wildman–Crippen MR) is 64.8 cm³/mol. The zero-order valence-electron chi connectivity index (χ0n) is 10.3. The Kier molecular flexibility index (Phi) is 3.36. The molecule has 0 spiro atoms. The molecule has 2 N–H and O–H groups in total. The van der Waals surface area contributed by atoms with Gasteiger partial charge in [-0.1, -0.05) is 19.8 Å². The number of fused-ring (bicyclic) bond motifs is 1. The molecule has 2 rings (SSSR count). The fourth-order valence-corrected chi connectivity index (χ4v) is 3.28. The normalized spacial score (nSPS) is 36.2. The van der Waals surface area contributed by atoms with Gasteiger partial charge in [0.25, 0.3) is 0 Å². The summed E-state index contributed by atoms with van der Waals surface area (Å²) in [6.07, 6.45) is 8.29. The van der Waals surface area contributed by atoms with Gasteiger partial charge in [-0.3, -0.25) is 4.90 Å². The molecule has 0 radical (unpaired) electrons. The molecule has 1 aliphatic carbocycles. The van der Waals surface area contributed by atoms with Crippen molar-refractivity contribution in [2.45, 2.75) is 64.0 Å². The first kappa shape index (κ1) is 11.4. The summed E-state index contributed by atoms with van der Waals surface area (Å²) in [5.74, 6) is 0.992. The number of nitrogens with zero attached hydrogens (tertiary/aromatic N) is 1. The lowest BCUT2D eigenvalue weighted by molar-refractivity contribution is 0.151. The van der Waals surface area contributed by atoms with Crippen LogP contribution in [0.25, 0.3) is 0 Å². The van der Waals surface area contributed by atoms with Crippen molar-refractivity contribution in [3.63, 3.8) is 0 Å². The van der Waals surface area contributed by atoms with Crippen LogP contribution in [0, 0.1) is 5.92 Å². The van der Waals surface area contributed by atoms with Gasteiger partial charge < -0.3 is 5.73 Å². The van der Waals surface area contributed by atoms with Crippen LogP contribution in [0.5, 0.6) is 0 Å². The first-order chi connectivity index (χ1) is 7.12. The van der Waals surface area contributed by atoms with E-state index in [1.54, 1.807) is 0 Å². The minimum atomic E-state index is 0.0202. The van der Waals surface area contributed by atoms with Crippen LogP contribution in [0.4, 0.5) is 0 Å². The molecule has 0 aromatic rings. The molecule has 0 amide bonds. The highest BCUT2D eigenvalue weighted by Crippen LogP contribution is 2.36. The Morgan fingerprint density at radius 2 is 2.00 bits per heavy atom. The zero-order chi connectivity index (χ0) is 10.9. The molecule has 1 aliphatic heterocycles. The van der Waals surface area contributed by atoms with Crippen molar-refractivity contribution in [3.05, 3.63) is 0 Å². The molecule has 88 valence electrons. The van der Waals surface area contributed by atoms with E-state index in [0.717, 1.165) is 24.9 Å². The number of nitrogens with two attached hydrogens (primary N) is 1. The molecule has 3 unspecified atom stereocenters. The van der Waals surface area contributed by atoms with Crippen molar-refractivity contribution in [1.29, 1.82) is 0 Å². The second kappa shape index (κ2) is 4.42. The van der Waals surface area contributed by atoms with Crippen LogP contribution in [-0.2, 0) is 0 Å². The van der Waals surface area contributed by atoms with E-state index in [1.165, 1.54) is 38.6 Å². The molecule has 3 atom stereocenters. The summed E-state index contributed by atoms with van der Waals surface area (Å²) in [5.41, 5.74) is 6.30. The lowest BCUT2D eigenvalue weighted by Gasteiger charge is -2.36. The molecule has 15 heavy (non-hydrogen) atoms. The summed E-state index contributed by atoms with van der Waals surface area (Å²) in [7, 11) is 0. The van der Waals surface area contributed by atoms with Crippen molar-refractivity contribution < 1.29 is 0 Å². The minimum Gasteiger partial charge on any atom is -0.324 e. The Labute approximate surface area is 94.2 Å². The van der Waals surface area contributed by atoms with E-state index < -0.39 is 0 Å². The van der Waals surface area contributed by atoms with Gasteiger partial charge in [0.2, 0.25) is 0 Å². The van der Waals surface area contributed by atoms with Gasteiger partial charge in [0.15, 0.2) is 0 Å². The fourth-order valence-electron chi connectivity index (χ4n) is 3.28. The maximum atomic E-state index is 6.28. The Hall–Kier alpha value is -0.0800. The van der Waals surface area contributed by atoms with E-state index >= 15 is 0 Å². The van der Waals surface area contributed by atoms with Crippen LogP contribution in [0.2, 0.25) is 0 Å². The Morgan fingerprint density at radius 1 is 1.27 bits per heavy atom. The van der Waals surface area contributed by atoms with Crippen LogP contribution in [0.1, 0.15) is 52.4 Å². The minimum absolute atomic E-state index is 0.0202. The van der Waals surface area contributed by atoms with E-state index in [0.29, 0.717) is 0 Å². The maximum Gasteiger partial charge on any atom is 0.0252 e. The quantitative estimate of drug-likeness (QED) is 0.775. The summed E-state index contributed by atoms with van der Waals surface area (Å²) in [4.78, 5) is 2.67. The van der Waals surface area contributed by atoms with Gasteiger partial charge in [0.1, 0.15) is 0 Å². The monoisotopic (exact) mass is 210 g/mol. The molecular formula is C13H26N2. The summed E-state index contributed by atoms with van der Waals surface area (Å²) >= 11 is 0. The Balaban J connectivity index is 1.93. The third-order valence-electron chi connectivity index (χ3n) is 4.50. The molecule has 2 fully saturated rings. The summed E-state index contributed by atoms with van der Waals surface area (Å²) in [6, 6.07) is 0.869. The molecule has 2 nitrogen and oxygen atoms in total. The van der Waals surface area contributed by atoms with E-state index in [-0.39, 0.29) is 5.54 Å². The summed E-state index contributed by atoms with van der Waals surface area (Å²) in [5, 5.41) is 0. The molecule has 2 aliphatic rings. The number of hydrogen-bond donors (Lipinski definition) is 1. The second-order valence-corrected chi connectivity index (χ2v) is 5.88. The Bertz CT molecular complexity index is 213. The molecule has 0 bridgehead atoms. The van der Waals surface area contributed by atoms with E-state index in [1.807, 2.05) is 0 Å². The second-order valence-electron chi connectivity index (χ2n) is 5.88. The van der Waals surface area contributed by atoms with Gasteiger partial charge in [-0.05, 0) is 45.1 Å². The molecule has 1 heterocycles. The molecular weight excluding hydrogens is 184 g/mol. The first-order valence-corrected chi connectivity index (χ1v) is 6.65. The predicted octanol–water partition coefficient (Wildman–Crippen LogP) is 2.38. The van der Waals surface area contributed by atoms with E-state index in [4.69, 9.17) is 5.73 Å². The van der Waals surface area contributed by atoms with Crippen LogP contribution >= 0.6 is 0 Å². The van der Waals surface area contributed by atoms with Crippen molar-refractivity contribution in [2.24, 2.45) is 11.7 Å². The molecule has 0 aromatic carbocycles. The third-order valence-corrected chi connectivity index (χ3v) is 4.50. The largest absolute Gasteiger partial charge is 0.324 e. The van der Waals surface area contributed by atoms with Crippen molar-refractivity contribution in [3.8, 4) is 0 Å². The molecule has 1 saturated heterocycles. The lowest BCUT2D eigenvalue weighted by atomic mass is 9.85. The average Bonchev–Trinajstić information content (AvgIpc) is 2.62. The number of rotatable bonds is 3. The van der Waals surface area contributed by atoms with Gasteiger partial charge in [0, 0.05) is 18.1 Å². The van der Waals surface area contributed by atoms with E-state index in [9.17, 15) is 0 Å². The standard InChI is InChI=1S/C13H26N2/c1-3-13(2,14)10-15-9-8-11-6-4-5-7-12(11)15/h11-12H,3-10,14H2,1-2H3. The highest BCUT2D eigenvalue weighted by Gasteiger charge is 2.37. The zero-order valence-corrected chi connectivity index (χ0v) is 10.3. The van der Waals surface area contributed by atoms with Crippen LogP contribution in [0.3, 0.4) is 0 Å². The van der Waals surface area contributed by atoms with Crippen molar-refractivity contribution in [2.75, 3.05) is 13.1 Å². The third kappa shape index (κ3) is 2.54. The fraction of sp³-hybridized carbons (Fsp3) is 1.00.